The number of pyridine rings is 1. The van der Waals surface area contributed by atoms with E-state index >= 15 is 0 Å². The average molecular weight is 260 g/mol. The second-order valence-electron chi connectivity index (χ2n) is 4.21. The molecule has 0 saturated carbocycles. The Hall–Kier alpha value is -2.30. The molecule has 0 aliphatic carbocycles. The summed E-state index contributed by atoms with van der Waals surface area (Å²) in [6, 6.07) is 10.5. The van der Waals surface area contributed by atoms with Crippen LogP contribution in [0.5, 0.6) is 0 Å². The predicted molar refractivity (Wildman–Crippen MR) is 66.9 cm³/mol. The zero-order valence-corrected chi connectivity index (χ0v) is 10.1. The molecule has 0 aliphatic heterocycles. The maximum atomic E-state index is 13.2. The van der Waals surface area contributed by atoms with Gasteiger partial charge in [0.15, 0.2) is 0 Å². The van der Waals surface area contributed by atoms with Crippen LogP contribution in [0.15, 0.2) is 40.9 Å². The minimum Gasteiger partial charge on any atom is -0.336 e. The molecule has 0 saturated heterocycles. The molecule has 19 heavy (non-hydrogen) atoms. The quantitative estimate of drug-likeness (QED) is 0.695. The predicted octanol–water partition coefficient (Wildman–Crippen LogP) is 4.14. The Morgan fingerprint density at radius 2 is 1.89 bits per heavy atom. The highest BCUT2D eigenvalue weighted by molar-refractivity contribution is 5.83. The second kappa shape index (κ2) is 4.42. The number of halogens is 2. The van der Waals surface area contributed by atoms with Gasteiger partial charge in [-0.25, -0.2) is 13.8 Å². The molecule has 0 aliphatic rings. The van der Waals surface area contributed by atoms with E-state index in [1.807, 2.05) is 30.3 Å². The van der Waals surface area contributed by atoms with Crippen molar-refractivity contribution in [3.05, 3.63) is 47.7 Å². The molecule has 0 atom stereocenters. The summed E-state index contributed by atoms with van der Waals surface area (Å²) in [6.45, 7) is 1.63. The van der Waals surface area contributed by atoms with Crippen LogP contribution in [0.4, 0.5) is 8.78 Å². The molecule has 1 aromatic carbocycles. The van der Waals surface area contributed by atoms with E-state index in [2.05, 4.69) is 10.1 Å². The van der Waals surface area contributed by atoms with Crippen molar-refractivity contribution in [1.82, 2.24) is 10.1 Å². The summed E-state index contributed by atoms with van der Waals surface area (Å²) in [4.78, 5) is 4.25. The van der Waals surface area contributed by atoms with Gasteiger partial charge in [-0.3, -0.25) is 0 Å². The second-order valence-corrected chi connectivity index (χ2v) is 4.21. The molecular formula is C14H10F2N2O. The van der Waals surface area contributed by atoms with Gasteiger partial charge in [0, 0.05) is 11.1 Å². The van der Waals surface area contributed by atoms with Gasteiger partial charge in [-0.1, -0.05) is 35.5 Å². The zero-order valence-electron chi connectivity index (χ0n) is 10.1. The first-order valence-corrected chi connectivity index (χ1v) is 5.77. The summed E-state index contributed by atoms with van der Waals surface area (Å²) < 4.78 is 31.3. The maximum Gasteiger partial charge on any atom is 0.264 e. The van der Waals surface area contributed by atoms with E-state index in [0.717, 1.165) is 5.56 Å². The minimum absolute atomic E-state index is 0.0948. The Morgan fingerprint density at radius 3 is 2.58 bits per heavy atom. The molecule has 5 heteroatoms. The molecular weight excluding hydrogens is 250 g/mol. The fraction of sp³-hybridized carbons (Fsp3) is 0.143. The normalized spacial score (nSPS) is 11.4. The van der Waals surface area contributed by atoms with Crippen LogP contribution in [0.2, 0.25) is 0 Å². The summed E-state index contributed by atoms with van der Waals surface area (Å²) in [5, 5.41) is 4.00. The van der Waals surface area contributed by atoms with E-state index in [9.17, 15) is 8.78 Å². The number of aromatic nitrogens is 2. The largest absolute Gasteiger partial charge is 0.336 e. The zero-order chi connectivity index (χ0) is 13.4. The molecule has 2 aromatic heterocycles. The molecule has 3 nitrogen and oxygen atoms in total. The topological polar surface area (TPSA) is 38.9 Å². The number of fused-ring (bicyclic) bond motifs is 1. The molecule has 0 amide bonds. The van der Waals surface area contributed by atoms with Crippen molar-refractivity contribution in [1.29, 1.82) is 0 Å². The van der Waals surface area contributed by atoms with Gasteiger partial charge in [0.1, 0.15) is 0 Å². The van der Waals surface area contributed by atoms with Crippen LogP contribution in [0.25, 0.3) is 22.4 Å². The van der Waals surface area contributed by atoms with Gasteiger partial charge in [-0.15, -0.1) is 0 Å². The summed E-state index contributed by atoms with van der Waals surface area (Å²) in [7, 11) is 0. The number of aryl methyl sites for hydroxylation is 1. The molecule has 2 heterocycles. The molecule has 96 valence electrons. The SMILES string of the molecule is Cc1noc2nc(-c3ccccc3)cc(C(F)F)c12. The summed E-state index contributed by atoms with van der Waals surface area (Å²) >= 11 is 0. The smallest absolute Gasteiger partial charge is 0.264 e. The van der Waals surface area contributed by atoms with Gasteiger partial charge in [0.05, 0.1) is 16.8 Å². The average Bonchev–Trinajstić information content (AvgIpc) is 2.80. The third-order valence-electron chi connectivity index (χ3n) is 2.95. The molecule has 0 unspecified atom stereocenters. The van der Waals surface area contributed by atoms with Crippen LogP contribution >= 0.6 is 0 Å². The van der Waals surface area contributed by atoms with Crippen molar-refractivity contribution in [2.24, 2.45) is 0 Å². The number of benzene rings is 1. The highest BCUT2D eigenvalue weighted by atomic mass is 19.3. The lowest BCUT2D eigenvalue weighted by atomic mass is 10.1. The third kappa shape index (κ3) is 1.97. The number of nitrogens with zero attached hydrogens (tertiary/aromatic N) is 2. The van der Waals surface area contributed by atoms with Gasteiger partial charge in [-0.2, -0.15) is 0 Å². The van der Waals surface area contributed by atoms with Gasteiger partial charge in [0.2, 0.25) is 0 Å². The minimum atomic E-state index is -2.59. The molecule has 0 radical (unpaired) electrons. The highest BCUT2D eigenvalue weighted by Crippen LogP contribution is 2.32. The van der Waals surface area contributed by atoms with Crippen LogP contribution in [-0.2, 0) is 0 Å². The lowest BCUT2D eigenvalue weighted by molar-refractivity contribution is 0.153. The third-order valence-corrected chi connectivity index (χ3v) is 2.95. The van der Waals surface area contributed by atoms with Crippen LogP contribution in [0.1, 0.15) is 17.7 Å². The number of hydrogen-bond donors (Lipinski definition) is 0. The first-order valence-electron chi connectivity index (χ1n) is 5.77. The van der Waals surface area contributed by atoms with E-state index in [0.29, 0.717) is 16.8 Å². The number of hydrogen-bond acceptors (Lipinski definition) is 3. The number of rotatable bonds is 2. The van der Waals surface area contributed by atoms with E-state index in [1.54, 1.807) is 6.92 Å². The van der Waals surface area contributed by atoms with E-state index in [4.69, 9.17) is 4.52 Å². The Labute approximate surface area is 107 Å². The Bertz CT molecular complexity index is 723. The maximum absolute atomic E-state index is 13.2. The Balaban J connectivity index is 2.29. The van der Waals surface area contributed by atoms with Crippen molar-refractivity contribution in [2.45, 2.75) is 13.3 Å². The Morgan fingerprint density at radius 1 is 1.16 bits per heavy atom. The number of alkyl halides is 2. The van der Waals surface area contributed by atoms with Gasteiger partial charge in [0.25, 0.3) is 12.1 Å². The first-order chi connectivity index (χ1) is 9.16. The van der Waals surface area contributed by atoms with E-state index in [1.165, 1.54) is 6.07 Å². The fourth-order valence-electron chi connectivity index (χ4n) is 2.06. The standard InChI is InChI=1S/C14H10F2N2O/c1-8-12-10(13(15)16)7-11(17-14(12)19-18-8)9-5-3-2-4-6-9/h2-7,13H,1H3. The van der Waals surface area contributed by atoms with Gasteiger partial charge >= 0.3 is 0 Å². The van der Waals surface area contributed by atoms with Crippen LogP contribution in [0, 0.1) is 6.92 Å². The molecule has 0 spiro atoms. The lowest BCUT2D eigenvalue weighted by Gasteiger charge is -2.05. The van der Waals surface area contributed by atoms with Crippen LogP contribution in [0.3, 0.4) is 0 Å². The lowest BCUT2D eigenvalue weighted by Crippen LogP contribution is -1.92. The highest BCUT2D eigenvalue weighted by Gasteiger charge is 2.19. The van der Waals surface area contributed by atoms with Crippen molar-refractivity contribution < 1.29 is 13.3 Å². The molecule has 0 fully saturated rings. The summed E-state index contributed by atoms with van der Waals surface area (Å²) in [5.74, 6) is 0. The summed E-state index contributed by atoms with van der Waals surface area (Å²) in [6.07, 6.45) is -2.59. The molecule has 0 bridgehead atoms. The molecule has 0 N–H and O–H groups in total. The first kappa shape index (κ1) is 11.8. The summed E-state index contributed by atoms with van der Waals surface area (Å²) in [5.41, 5.74) is 1.70. The van der Waals surface area contributed by atoms with Gasteiger partial charge < -0.3 is 4.52 Å². The molecule has 3 aromatic rings. The van der Waals surface area contributed by atoms with E-state index in [-0.39, 0.29) is 11.3 Å². The monoisotopic (exact) mass is 260 g/mol. The fourth-order valence-corrected chi connectivity index (χ4v) is 2.06. The van der Waals surface area contributed by atoms with E-state index < -0.39 is 6.43 Å². The van der Waals surface area contributed by atoms with Crippen molar-refractivity contribution in [3.8, 4) is 11.3 Å². The van der Waals surface area contributed by atoms with Crippen molar-refractivity contribution in [2.75, 3.05) is 0 Å². The van der Waals surface area contributed by atoms with Crippen LogP contribution < -0.4 is 0 Å². The Kier molecular flexibility index (Phi) is 2.74. The van der Waals surface area contributed by atoms with Crippen molar-refractivity contribution >= 4 is 11.1 Å². The van der Waals surface area contributed by atoms with Crippen molar-refractivity contribution in [3.63, 3.8) is 0 Å². The van der Waals surface area contributed by atoms with Gasteiger partial charge in [-0.05, 0) is 13.0 Å². The molecule has 3 rings (SSSR count). The van der Waals surface area contributed by atoms with Crippen LogP contribution in [-0.4, -0.2) is 10.1 Å².